The van der Waals surface area contributed by atoms with Crippen molar-refractivity contribution in [3.05, 3.63) is 48.6 Å². The molecule has 0 atom stereocenters. The average molecular weight is 191 g/mol. The first kappa shape index (κ1) is 10.5. The number of hydrogen-bond donors (Lipinski definition) is 0. The minimum absolute atomic E-state index is 0. The predicted octanol–water partition coefficient (Wildman–Crippen LogP) is 3.00. The van der Waals surface area contributed by atoms with E-state index in [4.69, 9.17) is 0 Å². The Hall–Kier alpha value is -0.534. The van der Waals surface area contributed by atoms with Crippen LogP contribution in [0.15, 0.2) is 48.6 Å². The van der Waals surface area contributed by atoms with Gasteiger partial charge in [0, 0.05) is 0 Å². The van der Waals surface area contributed by atoms with Crippen LogP contribution in [0.5, 0.6) is 0 Å². The van der Waals surface area contributed by atoms with E-state index in [1.165, 1.54) is 0 Å². The number of hydrogen-bond acceptors (Lipinski definition) is 0. The first-order valence-electron chi connectivity index (χ1n) is 3.63. The molecule has 0 saturated carbocycles. The summed E-state index contributed by atoms with van der Waals surface area (Å²) < 4.78 is 0. The largest absolute Gasteiger partial charge is 2.00 e. The summed E-state index contributed by atoms with van der Waals surface area (Å²) in [5.41, 5.74) is 0. The summed E-state index contributed by atoms with van der Waals surface area (Å²) in [6, 6.07) is 0. The zero-order valence-corrected chi connectivity index (χ0v) is 7.41. The topological polar surface area (TPSA) is 0 Å². The monoisotopic (exact) mass is 191 g/mol. The van der Waals surface area contributed by atoms with E-state index < -0.39 is 0 Å². The molecule has 11 heavy (non-hydrogen) atoms. The van der Waals surface area contributed by atoms with Gasteiger partial charge in [0.05, 0.1) is 0 Å². The van der Waals surface area contributed by atoms with Crippen LogP contribution in [-0.2, 0) is 16.8 Å². The summed E-state index contributed by atoms with van der Waals surface area (Å²) in [5.74, 6) is 0. The predicted molar refractivity (Wildman–Crippen MR) is 45.8 cm³/mol. The van der Waals surface area contributed by atoms with Crippen LogP contribution in [0.2, 0.25) is 0 Å². The van der Waals surface area contributed by atoms with E-state index in [-0.39, 0.29) is 16.8 Å². The van der Waals surface area contributed by atoms with Crippen LogP contribution in [0.3, 0.4) is 0 Å². The van der Waals surface area contributed by atoms with Gasteiger partial charge < -0.3 is 0 Å². The maximum Gasteiger partial charge on any atom is 2.00 e. The number of rotatable bonds is 0. The summed E-state index contributed by atoms with van der Waals surface area (Å²) >= 11 is 0. The normalized spacial score (nSPS) is 16.0. The third kappa shape index (κ3) is 5.89. The van der Waals surface area contributed by atoms with E-state index in [0.29, 0.717) is 0 Å². The Morgan fingerprint density at radius 1 is 0.545 bits per heavy atom. The van der Waals surface area contributed by atoms with Gasteiger partial charge in [0.25, 0.3) is 0 Å². The summed E-state index contributed by atoms with van der Waals surface area (Å²) in [6.45, 7) is 0. The maximum atomic E-state index is 2.12. The zero-order chi connectivity index (χ0) is 7.07. The van der Waals surface area contributed by atoms with Crippen molar-refractivity contribution in [2.45, 2.75) is 12.8 Å². The molecule has 0 heterocycles. The Balaban J connectivity index is 0.000000167. The molecule has 59 valence electrons. The van der Waals surface area contributed by atoms with Crippen LogP contribution in [0.25, 0.3) is 0 Å². The second kappa shape index (κ2) is 7.57. The van der Waals surface area contributed by atoms with Gasteiger partial charge in [0.2, 0.25) is 0 Å². The van der Waals surface area contributed by atoms with Gasteiger partial charge in [-0.05, 0) is 12.8 Å². The molecular weight excluding hydrogens is 179 g/mol. The standard InChI is InChI=1S/2C5H6.Co/c2*1-2-4-5-3-1;/h2*1-4H,5H2;/q;;+2. The molecule has 0 nitrogen and oxygen atoms in total. The molecule has 0 spiro atoms. The molecule has 2 aliphatic carbocycles. The maximum absolute atomic E-state index is 2.12. The molecule has 1 radical (unpaired) electrons. The Bertz CT molecular complexity index is 143. The smallest absolute Gasteiger partial charge is 0.0808 e. The zero-order valence-electron chi connectivity index (χ0n) is 6.37. The van der Waals surface area contributed by atoms with Crippen molar-refractivity contribution in [2.75, 3.05) is 0 Å². The average Bonchev–Trinajstić information content (AvgIpc) is 2.67. The molecule has 0 fully saturated rings. The summed E-state index contributed by atoms with van der Waals surface area (Å²) in [5, 5.41) is 0. The summed E-state index contributed by atoms with van der Waals surface area (Å²) in [6.07, 6.45) is 19.0. The third-order valence-electron chi connectivity index (χ3n) is 1.31. The third-order valence-corrected chi connectivity index (χ3v) is 1.31. The van der Waals surface area contributed by atoms with E-state index in [1.54, 1.807) is 0 Å². The minimum Gasteiger partial charge on any atom is -0.0808 e. The Morgan fingerprint density at radius 3 is 0.909 bits per heavy atom. The molecule has 0 amide bonds. The fraction of sp³-hybridized carbons (Fsp3) is 0.200. The van der Waals surface area contributed by atoms with Crippen LogP contribution in [0.4, 0.5) is 0 Å². The Labute approximate surface area is 78.6 Å². The van der Waals surface area contributed by atoms with Crippen molar-refractivity contribution < 1.29 is 16.8 Å². The fourth-order valence-electron chi connectivity index (χ4n) is 0.786. The van der Waals surface area contributed by atoms with Crippen LogP contribution < -0.4 is 0 Å². The van der Waals surface area contributed by atoms with E-state index in [0.717, 1.165) is 12.8 Å². The molecule has 0 aromatic carbocycles. The van der Waals surface area contributed by atoms with Crippen LogP contribution >= 0.6 is 0 Å². The van der Waals surface area contributed by atoms with Crippen LogP contribution in [0, 0.1) is 0 Å². The van der Waals surface area contributed by atoms with Crippen LogP contribution in [0.1, 0.15) is 12.8 Å². The van der Waals surface area contributed by atoms with E-state index >= 15 is 0 Å². The molecule has 0 aromatic heterocycles. The molecule has 0 aliphatic heterocycles. The molecule has 2 rings (SSSR count). The van der Waals surface area contributed by atoms with Crippen molar-refractivity contribution in [2.24, 2.45) is 0 Å². The quantitative estimate of drug-likeness (QED) is 0.552. The first-order valence-corrected chi connectivity index (χ1v) is 3.63. The van der Waals surface area contributed by atoms with Crippen molar-refractivity contribution >= 4 is 0 Å². The molecule has 1 heteroatoms. The minimum atomic E-state index is 0. The van der Waals surface area contributed by atoms with Crippen molar-refractivity contribution in [3.8, 4) is 0 Å². The molecular formula is C10H12Co+2. The van der Waals surface area contributed by atoms with Gasteiger partial charge in [-0.2, -0.15) is 0 Å². The van der Waals surface area contributed by atoms with Crippen molar-refractivity contribution in [1.29, 1.82) is 0 Å². The molecule has 2 aliphatic rings. The van der Waals surface area contributed by atoms with Crippen molar-refractivity contribution in [1.82, 2.24) is 0 Å². The van der Waals surface area contributed by atoms with Crippen molar-refractivity contribution in [3.63, 3.8) is 0 Å². The summed E-state index contributed by atoms with van der Waals surface area (Å²) in [7, 11) is 0. The second-order valence-corrected chi connectivity index (χ2v) is 2.18. The number of allylic oxidation sites excluding steroid dienone is 8. The molecule has 0 unspecified atom stereocenters. The Morgan fingerprint density at radius 2 is 0.818 bits per heavy atom. The van der Waals surface area contributed by atoms with E-state index in [2.05, 4.69) is 48.6 Å². The fourth-order valence-corrected chi connectivity index (χ4v) is 0.786. The SMILES string of the molecule is C1=CCC=C1.C1=CCC=C1.[Co+2]. The molecule has 0 aromatic rings. The van der Waals surface area contributed by atoms with Gasteiger partial charge in [-0.3, -0.25) is 0 Å². The van der Waals surface area contributed by atoms with Gasteiger partial charge >= 0.3 is 16.8 Å². The summed E-state index contributed by atoms with van der Waals surface area (Å²) in [4.78, 5) is 0. The van der Waals surface area contributed by atoms with Gasteiger partial charge in [0.15, 0.2) is 0 Å². The Kier molecular flexibility index (Phi) is 7.20. The van der Waals surface area contributed by atoms with Crippen LogP contribution in [-0.4, -0.2) is 0 Å². The molecule has 0 saturated heterocycles. The van der Waals surface area contributed by atoms with Gasteiger partial charge in [-0.1, -0.05) is 48.6 Å². The van der Waals surface area contributed by atoms with Gasteiger partial charge in [-0.15, -0.1) is 0 Å². The first-order chi connectivity index (χ1) is 5.00. The molecule has 0 N–H and O–H groups in total. The van der Waals surface area contributed by atoms with E-state index in [1.807, 2.05) is 0 Å². The molecule has 0 bridgehead atoms. The van der Waals surface area contributed by atoms with E-state index in [9.17, 15) is 0 Å². The second-order valence-electron chi connectivity index (χ2n) is 2.18. The van der Waals surface area contributed by atoms with Gasteiger partial charge in [0.1, 0.15) is 0 Å². The van der Waals surface area contributed by atoms with Gasteiger partial charge in [-0.25, -0.2) is 0 Å².